The summed E-state index contributed by atoms with van der Waals surface area (Å²) in [5.74, 6) is -0.849. The number of morpholine rings is 1. The van der Waals surface area contributed by atoms with E-state index in [9.17, 15) is 18.0 Å². The maximum Gasteiger partial charge on any atom is 0.264 e. The second kappa shape index (κ2) is 10.8. The van der Waals surface area contributed by atoms with Crippen LogP contribution in [0.1, 0.15) is 10.4 Å². The summed E-state index contributed by atoms with van der Waals surface area (Å²) in [6.45, 7) is 2.83. The van der Waals surface area contributed by atoms with Crippen LogP contribution in [-0.4, -0.2) is 83.7 Å². The zero-order chi connectivity index (χ0) is 24.0. The van der Waals surface area contributed by atoms with Gasteiger partial charge in [-0.2, -0.15) is 0 Å². The average molecular weight is 477 g/mol. The highest BCUT2D eigenvalue weighted by Gasteiger charge is 2.23. The molecule has 11 heteroatoms. The van der Waals surface area contributed by atoms with Crippen molar-refractivity contribution in [2.24, 2.45) is 0 Å². The molecule has 0 aliphatic carbocycles. The molecule has 1 saturated heterocycles. The van der Waals surface area contributed by atoms with Gasteiger partial charge in [-0.1, -0.05) is 10.5 Å². The van der Waals surface area contributed by atoms with Gasteiger partial charge in [0, 0.05) is 44.1 Å². The first-order valence-electron chi connectivity index (χ1n) is 10.3. The zero-order valence-electron chi connectivity index (χ0n) is 18.9. The molecule has 2 aromatic carbocycles. The first-order chi connectivity index (χ1) is 15.7. The van der Waals surface area contributed by atoms with Crippen LogP contribution < -0.4 is 10.2 Å². The molecule has 0 atom stereocenters. The highest BCUT2D eigenvalue weighted by Crippen LogP contribution is 2.20. The number of hydrogen-bond acceptors (Lipinski definition) is 7. The minimum atomic E-state index is -3.90. The van der Waals surface area contributed by atoms with Crippen molar-refractivity contribution in [3.8, 4) is 0 Å². The number of amides is 2. The Morgan fingerprint density at radius 3 is 2.39 bits per heavy atom. The summed E-state index contributed by atoms with van der Waals surface area (Å²) in [5, 5.41) is 2.77. The van der Waals surface area contributed by atoms with Crippen molar-refractivity contribution in [2.75, 3.05) is 64.3 Å². The van der Waals surface area contributed by atoms with Crippen molar-refractivity contribution < 1.29 is 27.6 Å². The maximum absolute atomic E-state index is 12.8. The van der Waals surface area contributed by atoms with E-state index in [1.165, 1.54) is 50.4 Å². The average Bonchev–Trinajstić information content (AvgIpc) is 2.84. The van der Waals surface area contributed by atoms with Crippen LogP contribution in [0.25, 0.3) is 0 Å². The number of carbonyl (C=O) groups is 2. The second-order valence-corrected chi connectivity index (χ2v) is 9.42. The fourth-order valence-corrected chi connectivity index (χ4v) is 4.34. The molecule has 0 unspecified atom stereocenters. The Hall–Kier alpha value is -2.99. The number of hydrogen-bond donors (Lipinski definition) is 1. The van der Waals surface area contributed by atoms with Crippen LogP contribution in [-0.2, 0) is 24.4 Å². The Morgan fingerprint density at radius 1 is 1.09 bits per heavy atom. The van der Waals surface area contributed by atoms with E-state index in [-0.39, 0.29) is 22.9 Å². The van der Waals surface area contributed by atoms with Crippen LogP contribution in [0.4, 0.5) is 11.4 Å². The summed E-state index contributed by atoms with van der Waals surface area (Å²) in [5.41, 5.74) is 1.82. The van der Waals surface area contributed by atoms with E-state index in [0.717, 1.165) is 18.8 Å². The van der Waals surface area contributed by atoms with Crippen molar-refractivity contribution in [1.29, 1.82) is 0 Å². The molecule has 3 rings (SSSR count). The molecule has 178 valence electrons. The van der Waals surface area contributed by atoms with E-state index in [4.69, 9.17) is 9.57 Å². The molecule has 0 radical (unpaired) electrons. The van der Waals surface area contributed by atoms with E-state index in [1.807, 2.05) is 24.3 Å². The van der Waals surface area contributed by atoms with Crippen molar-refractivity contribution in [3.05, 3.63) is 54.1 Å². The molecular weight excluding hydrogens is 448 g/mol. The molecule has 0 saturated carbocycles. The van der Waals surface area contributed by atoms with E-state index < -0.39 is 15.9 Å². The SMILES string of the molecule is CON(C)S(=O)(=O)c1cccc(C(=O)N(C)CC(=O)Nc2ccc(N3CCOCC3)cc2)c1. The van der Waals surface area contributed by atoms with Gasteiger partial charge in [-0.3, -0.25) is 14.4 Å². The van der Waals surface area contributed by atoms with Crippen LogP contribution >= 0.6 is 0 Å². The molecule has 1 N–H and O–H groups in total. The molecule has 1 aliphatic heterocycles. The molecular formula is C22H28N4O6S. The number of nitrogens with one attached hydrogen (secondary N) is 1. The molecule has 0 aromatic heterocycles. The summed E-state index contributed by atoms with van der Waals surface area (Å²) in [6, 6.07) is 13.1. The number of hydroxylamine groups is 1. The van der Waals surface area contributed by atoms with Crippen LogP contribution in [0.5, 0.6) is 0 Å². The highest BCUT2D eigenvalue weighted by molar-refractivity contribution is 7.89. The first-order valence-corrected chi connectivity index (χ1v) is 11.8. The lowest BCUT2D eigenvalue weighted by Crippen LogP contribution is -2.36. The Balaban J connectivity index is 1.60. The predicted molar refractivity (Wildman–Crippen MR) is 123 cm³/mol. The lowest BCUT2D eigenvalue weighted by atomic mass is 10.2. The second-order valence-electron chi connectivity index (χ2n) is 7.48. The molecule has 1 heterocycles. The van der Waals surface area contributed by atoms with Crippen molar-refractivity contribution >= 4 is 33.2 Å². The van der Waals surface area contributed by atoms with Gasteiger partial charge in [-0.05, 0) is 42.5 Å². The van der Waals surface area contributed by atoms with Gasteiger partial charge in [-0.25, -0.2) is 8.42 Å². The van der Waals surface area contributed by atoms with Crippen LogP contribution in [0.15, 0.2) is 53.4 Å². The number of nitrogens with zero attached hydrogens (tertiary/aromatic N) is 3. The van der Waals surface area contributed by atoms with Crippen molar-refractivity contribution in [3.63, 3.8) is 0 Å². The lowest BCUT2D eigenvalue weighted by molar-refractivity contribution is -0.116. The van der Waals surface area contributed by atoms with E-state index in [2.05, 4.69) is 10.2 Å². The Kier molecular flexibility index (Phi) is 8.03. The van der Waals surface area contributed by atoms with Gasteiger partial charge in [0.1, 0.15) is 0 Å². The number of anilines is 2. The summed E-state index contributed by atoms with van der Waals surface area (Å²) in [4.78, 5) is 33.3. The largest absolute Gasteiger partial charge is 0.378 e. The third-order valence-electron chi connectivity index (χ3n) is 5.23. The summed E-state index contributed by atoms with van der Waals surface area (Å²) in [6.07, 6.45) is 0. The zero-order valence-corrected chi connectivity index (χ0v) is 19.7. The topological polar surface area (TPSA) is 108 Å². The molecule has 1 fully saturated rings. The van der Waals surface area contributed by atoms with Crippen molar-refractivity contribution in [2.45, 2.75) is 4.90 Å². The molecule has 33 heavy (non-hydrogen) atoms. The fourth-order valence-electron chi connectivity index (χ4n) is 3.32. The highest BCUT2D eigenvalue weighted by atomic mass is 32.2. The smallest absolute Gasteiger partial charge is 0.264 e. The standard InChI is InChI=1S/C22H28N4O6S/c1-24(22(28)17-5-4-6-20(15-17)33(29,30)25(2)31-3)16-21(27)23-18-7-9-19(10-8-18)26-11-13-32-14-12-26/h4-10,15H,11-14,16H2,1-3H3,(H,23,27). The molecule has 1 aliphatic rings. The summed E-state index contributed by atoms with van der Waals surface area (Å²) >= 11 is 0. The Labute approximate surface area is 193 Å². The van der Waals surface area contributed by atoms with E-state index in [1.54, 1.807) is 0 Å². The van der Waals surface area contributed by atoms with Gasteiger partial charge in [-0.15, -0.1) is 0 Å². The third kappa shape index (κ3) is 6.08. The van der Waals surface area contributed by atoms with Gasteiger partial charge in [0.05, 0.1) is 31.8 Å². The molecule has 0 spiro atoms. The number of benzene rings is 2. The third-order valence-corrected chi connectivity index (χ3v) is 6.90. The van der Waals surface area contributed by atoms with E-state index in [0.29, 0.717) is 23.4 Å². The van der Waals surface area contributed by atoms with Crippen molar-refractivity contribution in [1.82, 2.24) is 9.37 Å². The number of rotatable bonds is 8. The fraction of sp³-hybridized carbons (Fsp3) is 0.364. The van der Waals surface area contributed by atoms with Crippen LogP contribution in [0.3, 0.4) is 0 Å². The van der Waals surface area contributed by atoms with Gasteiger partial charge in [0.2, 0.25) is 5.91 Å². The summed E-state index contributed by atoms with van der Waals surface area (Å²) in [7, 11) is 0.0714. The van der Waals surface area contributed by atoms with E-state index >= 15 is 0 Å². The maximum atomic E-state index is 12.8. The van der Waals surface area contributed by atoms with Crippen LogP contribution in [0, 0.1) is 0 Å². The van der Waals surface area contributed by atoms with Gasteiger partial charge in [0.25, 0.3) is 15.9 Å². The van der Waals surface area contributed by atoms with Gasteiger partial charge < -0.3 is 19.9 Å². The Morgan fingerprint density at radius 2 is 1.76 bits per heavy atom. The first kappa shape index (κ1) is 24.6. The van der Waals surface area contributed by atoms with Crippen LogP contribution in [0.2, 0.25) is 0 Å². The molecule has 10 nitrogen and oxygen atoms in total. The van der Waals surface area contributed by atoms with Gasteiger partial charge in [0.15, 0.2) is 0 Å². The van der Waals surface area contributed by atoms with Gasteiger partial charge >= 0.3 is 0 Å². The number of carbonyl (C=O) groups excluding carboxylic acids is 2. The Bertz CT molecular complexity index is 1080. The summed E-state index contributed by atoms with van der Waals surface area (Å²) < 4.78 is 30.9. The number of ether oxygens (including phenoxy) is 1. The quantitative estimate of drug-likeness (QED) is 0.574. The normalized spacial score (nSPS) is 14.2. The number of likely N-dealkylation sites (N-methyl/N-ethyl adjacent to an activating group) is 1. The monoisotopic (exact) mass is 476 g/mol. The molecule has 2 amide bonds. The number of sulfonamides is 1. The molecule has 0 bridgehead atoms. The minimum Gasteiger partial charge on any atom is -0.378 e. The predicted octanol–water partition coefficient (Wildman–Crippen LogP) is 1.42. The molecule has 2 aromatic rings. The minimum absolute atomic E-state index is 0.0871. The lowest BCUT2D eigenvalue weighted by Gasteiger charge is -2.28.